The number of nitrogens with two attached hydrogens (primary N) is 1. The lowest BCUT2D eigenvalue weighted by Crippen LogP contribution is -2.02. The van der Waals surface area contributed by atoms with Crippen molar-refractivity contribution in [3.05, 3.63) is 48.0 Å². The molecule has 0 aliphatic carbocycles. The Labute approximate surface area is 120 Å². The Kier molecular flexibility index (Phi) is 3.52. The zero-order valence-corrected chi connectivity index (χ0v) is 11.5. The predicted octanol–water partition coefficient (Wildman–Crippen LogP) is 2.97. The molecule has 0 atom stereocenters. The van der Waals surface area contributed by atoms with Crippen molar-refractivity contribution < 1.29 is 14.3 Å². The molecule has 2 aromatic rings. The van der Waals surface area contributed by atoms with Crippen molar-refractivity contribution in [2.75, 3.05) is 18.3 Å². The summed E-state index contributed by atoms with van der Waals surface area (Å²) in [5.74, 6) is 1.73. The van der Waals surface area contributed by atoms with Crippen LogP contribution < -0.4 is 15.2 Å². The fourth-order valence-corrected chi connectivity index (χ4v) is 2.77. The maximum absolute atomic E-state index is 12.2. The van der Waals surface area contributed by atoms with E-state index in [1.807, 2.05) is 24.3 Å². The van der Waals surface area contributed by atoms with Gasteiger partial charge in [-0.1, -0.05) is 6.07 Å². The van der Waals surface area contributed by atoms with Crippen molar-refractivity contribution in [1.82, 2.24) is 0 Å². The third-order valence-corrected chi connectivity index (χ3v) is 3.92. The van der Waals surface area contributed by atoms with Crippen LogP contribution in [0.3, 0.4) is 0 Å². The molecule has 5 heteroatoms. The third kappa shape index (κ3) is 2.72. The molecule has 0 unspecified atom stereocenters. The number of hydrogen-bond donors (Lipinski definition) is 1. The normalized spacial score (nSPS) is 12.4. The highest BCUT2D eigenvalue weighted by Crippen LogP contribution is 2.33. The molecule has 2 aromatic carbocycles. The number of Topliss-reactive ketones (excluding diaryl/α,β-unsaturated/α-hetero) is 1. The van der Waals surface area contributed by atoms with E-state index in [2.05, 4.69) is 0 Å². The van der Waals surface area contributed by atoms with Gasteiger partial charge in [-0.3, -0.25) is 4.79 Å². The molecule has 0 aromatic heterocycles. The van der Waals surface area contributed by atoms with Crippen molar-refractivity contribution in [3.63, 3.8) is 0 Å². The van der Waals surface area contributed by atoms with Gasteiger partial charge in [0.1, 0.15) is 0 Å². The zero-order chi connectivity index (χ0) is 13.9. The van der Waals surface area contributed by atoms with Crippen LogP contribution in [0.5, 0.6) is 11.5 Å². The molecule has 1 aliphatic rings. The summed E-state index contributed by atoms with van der Waals surface area (Å²) in [5, 5.41) is 0. The highest BCUT2D eigenvalue weighted by Gasteiger charge is 2.16. The van der Waals surface area contributed by atoms with E-state index < -0.39 is 0 Å². The van der Waals surface area contributed by atoms with Gasteiger partial charge in [-0.25, -0.2) is 0 Å². The number of hydrogen-bond acceptors (Lipinski definition) is 5. The van der Waals surface area contributed by atoms with E-state index in [0.717, 1.165) is 4.90 Å². The number of ether oxygens (including phenoxy) is 2. The molecule has 0 bridgehead atoms. The molecule has 0 amide bonds. The summed E-state index contributed by atoms with van der Waals surface area (Å²) >= 11 is 1.47. The maximum atomic E-state index is 12.2. The molecule has 0 radical (unpaired) electrons. The van der Waals surface area contributed by atoms with Gasteiger partial charge in [0.25, 0.3) is 0 Å². The van der Waals surface area contributed by atoms with Crippen LogP contribution in [-0.4, -0.2) is 18.3 Å². The second-order valence-corrected chi connectivity index (χ2v) is 5.40. The Morgan fingerprint density at radius 3 is 2.85 bits per heavy atom. The molecular weight excluding hydrogens is 274 g/mol. The number of thioether (sulfide) groups is 1. The highest BCUT2D eigenvalue weighted by molar-refractivity contribution is 8.00. The minimum atomic E-state index is 0.0516. The van der Waals surface area contributed by atoms with E-state index in [9.17, 15) is 4.79 Å². The molecule has 3 rings (SSSR count). The SMILES string of the molecule is Nc1cccc(SCC(=O)c2ccc3c(c2)OCO3)c1. The van der Waals surface area contributed by atoms with Gasteiger partial charge in [0.15, 0.2) is 17.3 Å². The largest absolute Gasteiger partial charge is 0.454 e. The summed E-state index contributed by atoms with van der Waals surface area (Å²) in [4.78, 5) is 13.1. The van der Waals surface area contributed by atoms with Crippen molar-refractivity contribution in [2.45, 2.75) is 4.90 Å². The molecule has 4 nitrogen and oxygen atoms in total. The number of carbonyl (C=O) groups is 1. The summed E-state index contributed by atoms with van der Waals surface area (Å²) in [6.45, 7) is 0.213. The molecule has 2 N–H and O–H groups in total. The Hall–Kier alpha value is -2.14. The molecule has 0 fully saturated rings. The first kappa shape index (κ1) is 12.9. The molecule has 1 aliphatic heterocycles. The number of nitrogen functional groups attached to an aromatic ring is 1. The molecule has 1 heterocycles. The van der Waals surface area contributed by atoms with Gasteiger partial charge in [0, 0.05) is 16.1 Å². The van der Waals surface area contributed by atoms with Crippen LogP contribution in [0.2, 0.25) is 0 Å². The molecule has 0 spiro atoms. The van der Waals surface area contributed by atoms with E-state index in [-0.39, 0.29) is 12.6 Å². The Balaban J connectivity index is 1.67. The van der Waals surface area contributed by atoms with Crippen LogP contribution in [0, 0.1) is 0 Å². The van der Waals surface area contributed by atoms with Gasteiger partial charge >= 0.3 is 0 Å². The highest BCUT2D eigenvalue weighted by atomic mass is 32.2. The van der Waals surface area contributed by atoms with E-state index in [4.69, 9.17) is 15.2 Å². The molecule has 0 saturated carbocycles. The number of benzene rings is 2. The number of anilines is 1. The van der Waals surface area contributed by atoms with Gasteiger partial charge in [0.05, 0.1) is 5.75 Å². The van der Waals surface area contributed by atoms with Crippen LogP contribution in [0.4, 0.5) is 5.69 Å². The summed E-state index contributed by atoms with van der Waals surface area (Å²) in [5.41, 5.74) is 7.04. The number of rotatable bonds is 4. The first-order valence-corrected chi connectivity index (χ1v) is 7.12. The van der Waals surface area contributed by atoms with Gasteiger partial charge in [-0.2, -0.15) is 0 Å². The molecule has 20 heavy (non-hydrogen) atoms. The lowest BCUT2D eigenvalue weighted by Gasteiger charge is -2.04. The fraction of sp³-hybridized carbons (Fsp3) is 0.133. The fourth-order valence-electron chi connectivity index (χ4n) is 1.91. The number of fused-ring (bicyclic) bond motifs is 1. The Morgan fingerprint density at radius 1 is 1.15 bits per heavy atom. The lowest BCUT2D eigenvalue weighted by atomic mass is 10.1. The predicted molar refractivity (Wildman–Crippen MR) is 78.5 cm³/mol. The van der Waals surface area contributed by atoms with Crippen LogP contribution in [-0.2, 0) is 0 Å². The molecular formula is C15H13NO3S. The van der Waals surface area contributed by atoms with Crippen LogP contribution in [0.1, 0.15) is 10.4 Å². The van der Waals surface area contributed by atoms with Crippen molar-refractivity contribution in [2.24, 2.45) is 0 Å². The van der Waals surface area contributed by atoms with Crippen LogP contribution >= 0.6 is 11.8 Å². The average Bonchev–Trinajstić information content (AvgIpc) is 2.92. The quantitative estimate of drug-likeness (QED) is 0.532. The second kappa shape index (κ2) is 5.46. The monoisotopic (exact) mass is 287 g/mol. The topological polar surface area (TPSA) is 61.6 Å². The third-order valence-electron chi connectivity index (χ3n) is 2.92. The Morgan fingerprint density at radius 2 is 2.00 bits per heavy atom. The van der Waals surface area contributed by atoms with Crippen molar-refractivity contribution >= 4 is 23.2 Å². The lowest BCUT2D eigenvalue weighted by molar-refractivity contribution is 0.102. The summed E-state index contributed by atoms with van der Waals surface area (Å²) in [6.07, 6.45) is 0. The molecule has 0 saturated heterocycles. The smallest absolute Gasteiger partial charge is 0.231 e. The van der Waals surface area contributed by atoms with Gasteiger partial charge in [-0.05, 0) is 36.4 Å². The zero-order valence-electron chi connectivity index (χ0n) is 10.7. The van der Waals surface area contributed by atoms with Crippen LogP contribution in [0.15, 0.2) is 47.4 Å². The number of ketones is 1. The van der Waals surface area contributed by atoms with E-state index in [1.165, 1.54) is 11.8 Å². The summed E-state index contributed by atoms with van der Waals surface area (Å²) in [6, 6.07) is 12.7. The first-order valence-electron chi connectivity index (χ1n) is 6.13. The minimum Gasteiger partial charge on any atom is -0.454 e. The standard InChI is InChI=1S/C15H13NO3S/c16-11-2-1-3-12(7-11)20-8-13(17)10-4-5-14-15(6-10)19-9-18-14/h1-7H,8-9,16H2. The van der Waals surface area contributed by atoms with Gasteiger partial charge < -0.3 is 15.2 Å². The van der Waals surface area contributed by atoms with E-state index in [0.29, 0.717) is 28.5 Å². The van der Waals surface area contributed by atoms with E-state index in [1.54, 1.807) is 18.2 Å². The summed E-state index contributed by atoms with van der Waals surface area (Å²) < 4.78 is 10.5. The van der Waals surface area contributed by atoms with Crippen molar-refractivity contribution in [3.8, 4) is 11.5 Å². The minimum absolute atomic E-state index is 0.0516. The van der Waals surface area contributed by atoms with E-state index >= 15 is 0 Å². The average molecular weight is 287 g/mol. The summed E-state index contributed by atoms with van der Waals surface area (Å²) in [7, 11) is 0. The van der Waals surface area contributed by atoms with Crippen LogP contribution in [0.25, 0.3) is 0 Å². The Bertz CT molecular complexity index is 657. The number of carbonyl (C=O) groups excluding carboxylic acids is 1. The first-order chi connectivity index (χ1) is 9.72. The second-order valence-electron chi connectivity index (χ2n) is 4.35. The van der Waals surface area contributed by atoms with Gasteiger partial charge in [0.2, 0.25) is 6.79 Å². The van der Waals surface area contributed by atoms with Crippen molar-refractivity contribution in [1.29, 1.82) is 0 Å². The molecule has 102 valence electrons. The van der Waals surface area contributed by atoms with Gasteiger partial charge in [-0.15, -0.1) is 11.8 Å². The maximum Gasteiger partial charge on any atom is 0.231 e.